The minimum atomic E-state index is -3.53. The maximum absolute atomic E-state index is 12.1. The summed E-state index contributed by atoms with van der Waals surface area (Å²) >= 11 is 1.60. The fraction of sp³-hybridized carbons (Fsp3) is 0.533. The van der Waals surface area contributed by atoms with Crippen molar-refractivity contribution in [1.82, 2.24) is 4.72 Å². The fourth-order valence-corrected chi connectivity index (χ4v) is 3.51. The van der Waals surface area contributed by atoms with Crippen molar-refractivity contribution in [2.24, 2.45) is 11.1 Å². The number of rotatable bonds is 8. The van der Waals surface area contributed by atoms with Gasteiger partial charge in [-0.1, -0.05) is 32.9 Å². The second kappa shape index (κ2) is 8.10. The number of nitrogens with two attached hydrogens (primary N) is 1. The number of benzene rings is 1. The van der Waals surface area contributed by atoms with Gasteiger partial charge in [0, 0.05) is 35.6 Å². The molecule has 0 spiro atoms. The van der Waals surface area contributed by atoms with Gasteiger partial charge in [0.15, 0.2) is 5.78 Å². The van der Waals surface area contributed by atoms with Crippen molar-refractivity contribution in [2.75, 3.05) is 24.6 Å². The van der Waals surface area contributed by atoms with Crippen molar-refractivity contribution >= 4 is 27.6 Å². The SMILES string of the molecule is CC(C)(C)C(=O)c1ccc(S(=O)(=O)NCCSCCN)cc1. The van der Waals surface area contributed by atoms with Gasteiger partial charge in [-0.05, 0) is 12.1 Å². The molecule has 0 fully saturated rings. The van der Waals surface area contributed by atoms with E-state index in [9.17, 15) is 13.2 Å². The Morgan fingerprint density at radius 3 is 2.27 bits per heavy atom. The molecule has 5 nitrogen and oxygen atoms in total. The van der Waals surface area contributed by atoms with Crippen LogP contribution in [-0.4, -0.2) is 38.8 Å². The van der Waals surface area contributed by atoms with Gasteiger partial charge in [0.1, 0.15) is 0 Å². The van der Waals surface area contributed by atoms with E-state index in [0.29, 0.717) is 24.4 Å². The predicted molar refractivity (Wildman–Crippen MR) is 91.8 cm³/mol. The van der Waals surface area contributed by atoms with E-state index < -0.39 is 15.4 Å². The predicted octanol–water partition coefficient (Wildman–Crippen LogP) is 1.89. The van der Waals surface area contributed by atoms with Gasteiger partial charge in [-0.3, -0.25) is 4.79 Å². The monoisotopic (exact) mass is 344 g/mol. The number of ketones is 1. The quantitative estimate of drug-likeness (QED) is 0.555. The standard InChI is InChI=1S/C15H24N2O3S2/c1-15(2,3)14(18)12-4-6-13(7-5-12)22(19,20)17-9-11-21-10-8-16/h4-7,17H,8-11,16H2,1-3H3. The second-order valence-electron chi connectivity index (χ2n) is 5.90. The van der Waals surface area contributed by atoms with Crippen molar-refractivity contribution in [3.05, 3.63) is 29.8 Å². The molecule has 0 unspecified atom stereocenters. The van der Waals surface area contributed by atoms with Crippen molar-refractivity contribution in [1.29, 1.82) is 0 Å². The average Bonchev–Trinajstić information content (AvgIpc) is 2.45. The summed E-state index contributed by atoms with van der Waals surface area (Å²) < 4.78 is 26.8. The molecule has 0 aliphatic rings. The van der Waals surface area contributed by atoms with Crippen molar-refractivity contribution in [2.45, 2.75) is 25.7 Å². The van der Waals surface area contributed by atoms with Crippen LogP contribution in [-0.2, 0) is 10.0 Å². The summed E-state index contributed by atoms with van der Waals surface area (Å²) in [5.74, 6) is 1.48. The van der Waals surface area contributed by atoms with Crippen LogP contribution in [0.4, 0.5) is 0 Å². The Morgan fingerprint density at radius 2 is 1.77 bits per heavy atom. The van der Waals surface area contributed by atoms with Crippen LogP contribution in [0.5, 0.6) is 0 Å². The molecule has 0 bridgehead atoms. The summed E-state index contributed by atoms with van der Waals surface area (Å²) in [6.07, 6.45) is 0. The Morgan fingerprint density at radius 1 is 1.18 bits per heavy atom. The lowest BCUT2D eigenvalue weighted by atomic mass is 9.87. The Balaban J connectivity index is 2.71. The van der Waals surface area contributed by atoms with Crippen LogP contribution in [0.25, 0.3) is 0 Å². The lowest BCUT2D eigenvalue weighted by molar-refractivity contribution is 0.0858. The molecule has 7 heteroatoms. The highest BCUT2D eigenvalue weighted by molar-refractivity contribution is 7.99. The average molecular weight is 345 g/mol. The Labute approximate surface area is 137 Å². The molecule has 1 aromatic rings. The lowest BCUT2D eigenvalue weighted by Gasteiger charge is -2.16. The summed E-state index contributed by atoms with van der Waals surface area (Å²) in [5.41, 5.74) is 5.40. The van der Waals surface area contributed by atoms with E-state index in [4.69, 9.17) is 5.73 Å². The summed E-state index contributed by atoms with van der Waals surface area (Å²) in [4.78, 5) is 12.3. The van der Waals surface area contributed by atoms with E-state index in [2.05, 4.69) is 4.72 Å². The number of carbonyl (C=O) groups excluding carboxylic acids is 1. The molecule has 22 heavy (non-hydrogen) atoms. The lowest BCUT2D eigenvalue weighted by Crippen LogP contribution is -2.26. The zero-order valence-electron chi connectivity index (χ0n) is 13.3. The molecule has 0 saturated heterocycles. The van der Waals surface area contributed by atoms with Crippen LogP contribution in [0.1, 0.15) is 31.1 Å². The summed E-state index contributed by atoms with van der Waals surface area (Å²) in [6, 6.07) is 6.05. The van der Waals surface area contributed by atoms with E-state index >= 15 is 0 Å². The molecule has 0 aliphatic heterocycles. The van der Waals surface area contributed by atoms with Crippen molar-refractivity contribution in [3.63, 3.8) is 0 Å². The van der Waals surface area contributed by atoms with E-state index in [1.54, 1.807) is 23.9 Å². The minimum absolute atomic E-state index is 0.0115. The summed E-state index contributed by atoms with van der Waals surface area (Å²) in [7, 11) is -3.53. The van der Waals surface area contributed by atoms with Crippen molar-refractivity contribution in [3.8, 4) is 0 Å². The molecule has 0 aromatic heterocycles. The van der Waals surface area contributed by atoms with E-state index in [1.807, 2.05) is 20.8 Å². The largest absolute Gasteiger partial charge is 0.330 e. The highest BCUT2D eigenvalue weighted by Crippen LogP contribution is 2.21. The second-order valence-corrected chi connectivity index (χ2v) is 8.89. The molecule has 1 rings (SSSR count). The smallest absolute Gasteiger partial charge is 0.240 e. The molecule has 124 valence electrons. The zero-order valence-corrected chi connectivity index (χ0v) is 14.9. The topological polar surface area (TPSA) is 89.3 Å². The Bertz CT molecular complexity index is 590. The number of carbonyl (C=O) groups is 1. The van der Waals surface area contributed by atoms with E-state index in [-0.39, 0.29) is 10.7 Å². The molecule has 0 radical (unpaired) electrons. The van der Waals surface area contributed by atoms with Crippen LogP contribution < -0.4 is 10.5 Å². The van der Waals surface area contributed by atoms with Gasteiger partial charge in [-0.25, -0.2) is 13.1 Å². The van der Waals surface area contributed by atoms with Gasteiger partial charge in [0.2, 0.25) is 10.0 Å². The number of thioether (sulfide) groups is 1. The molecule has 0 saturated carbocycles. The van der Waals surface area contributed by atoms with Crippen LogP contribution in [0.3, 0.4) is 0 Å². The fourth-order valence-electron chi connectivity index (χ4n) is 1.74. The van der Waals surface area contributed by atoms with Crippen LogP contribution >= 0.6 is 11.8 Å². The molecule has 0 atom stereocenters. The summed E-state index contributed by atoms with van der Waals surface area (Å²) in [6.45, 7) is 6.44. The maximum Gasteiger partial charge on any atom is 0.240 e. The minimum Gasteiger partial charge on any atom is -0.330 e. The first kappa shape index (κ1) is 19.2. The Kier molecular flexibility index (Phi) is 7.05. The molecule has 3 N–H and O–H groups in total. The highest BCUT2D eigenvalue weighted by Gasteiger charge is 2.23. The first-order valence-electron chi connectivity index (χ1n) is 7.11. The zero-order chi connectivity index (χ0) is 16.8. The van der Waals surface area contributed by atoms with Gasteiger partial charge < -0.3 is 5.73 Å². The van der Waals surface area contributed by atoms with Crippen LogP contribution in [0.15, 0.2) is 29.2 Å². The maximum atomic E-state index is 12.1. The third-order valence-electron chi connectivity index (χ3n) is 2.91. The number of Topliss-reactive ketones (excluding diaryl/α,β-unsaturated/α-hetero) is 1. The number of sulfonamides is 1. The first-order valence-corrected chi connectivity index (χ1v) is 9.74. The number of hydrogen-bond acceptors (Lipinski definition) is 5. The Hall–Kier alpha value is -0.890. The van der Waals surface area contributed by atoms with Crippen LogP contribution in [0.2, 0.25) is 0 Å². The molecular weight excluding hydrogens is 320 g/mol. The third kappa shape index (κ3) is 5.72. The molecule has 0 aliphatic carbocycles. The van der Waals surface area contributed by atoms with Gasteiger partial charge in [-0.2, -0.15) is 11.8 Å². The van der Waals surface area contributed by atoms with Crippen LogP contribution in [0, 0.1) is 5.41 Å². The number of nitrogens with one attached hydrogen (secondary N) is 1. The first-order chi connectivity index (χ1) is 10.2. The van der Waals surface area contributed by atoms with E-state index in [0.717, 1.165) is 5.75 Å². The third-order valence-corrected chi connectivity index (χ3v) is 5.40. The van der Waals surface area contributed by atoms with E-state index in [1.165, 1.54) is 12.1 Å². The molecular formula is C15H24N2O3S2. The summed E-state index contributed by atoms with van der Waals surface area (Å²) in [5, 5.41) is 0. The molecule has 0 heterocycles. The van der Waals surface area contributed by atoms with Crippen molar-refractivity contribution < 1.29 is 13.2 Å². The molecule has 1 aromatic carbocycles. The molecule has 0 amide bonds. The van der Waals surface area contributed by atoms with Gasteiger partial charge >= 0.3 is 0 Å². The number of hydrogen-bond donors (Lipinski definition) is 2. The van der Waals surface area contributed by atoms with Gasteiger partial charge in [-0.15, -0.1) is 0 Å². The van der Waals surface area contributed by atoms with Gasteiger partial charge in [0.25, 0.3) is 0 Å². The highest BCUT2D eigenvalue weighted by atomic mass is 32.2. The normalized spacial score (nSPS) is 12.4. The van der Waals surface area contributed by atoms with Gasteiger partial charge in [0.05, 0.1) is 4.90 Å².